The number of ether oxygens (including phenoxy) is 2. The van der Waals surface area contributed by atoms with E-state index in [9.17, 15) is 19.7 Å². The van der Waals surface area contributed by atoms with Crippen molar-refractivity contribution in [1.82, 2.24) is 0 Å². The highest BCUT2D eigenvalue weighted by Gasteiger charge is 2.22. The minimum absolute atomic E-state index is 0.0495. The van der Waals surface area contributed by atoms with Crippen LogP contribution in [0.4, 0.5) is 11.4 Å². The van der Waals surface area contributed by atoms with Crippen LogP contribution < -0.4 is 10.1 Å². The van der Waals surface area contributed by atoms with E-state index in [0.29, 0.717) is 12.4 Å². The van der Waals surface area contributed by atoms with Gasteiger partial charge in [0, 0.05) is 12.1 Å². The molecule has 1 unspecified atom stereocenters. The number of carbonyl (C=O) groups is 2. The lowest BCUT2D eigenvalue weighted by Gasteiger charge is -2.15. The Hall–Kier alpha value is -3.13. The molecule has 27 heavy (non-hydrogen) atoms. The van der Waals surface area contributed by atoms with Crippen LogP contribution in [0.1, 0.15) is 24.2 Å². The monoisotopic (exact) mass is 392 g/mol. The summed E-state index contributed by atoms with van der Waals surface area (Å²) in [5.41, 5.74) is 0.00542. The lowest BCUT2D eigenvalue weighted by atomic mass is 10.2. The van der Waals surface area contributed by atoms with Crippen LogP contribution in [0, 0.1) is 10.1 Å². The van der Waals surface area contributed by atoms with Gasteiger partial charge in [0.1, 0.15) is 11.3 Å². The van der Waals surface area contributed by atoms with Gasteiger partial charge in [0.25, 0.3) is 11.6 Å². The van der Waals surface area contributed by atoms with Gasteiger partial charge >= 0.3 is 5.97 Å². The minimum atomic E-state index is -1.16. The topological polar surface area (TPSA) is 108 Å². The third-order valence-corrected chi connectivity index (χ3v) is 3.81. The highest BCUT2D eigenvalue weighted by molar-refractivity contribution is 6.33. The van der Waals surface area contributed by atoms with Crippen LogP contribution in [-0.2, 0) is 9.53 Å². The van der Waals surface area contributed by atoms with Crippen LogP contribution in [0.5, 0.6) is 5.75 Å². The Bertz CT molecular complexity index is 871. The van der Waals surface area contributed by atoms with E-state index >= 15 is 0 Å². The standard InChI is InChI=1S/C18H17ClN2O6/c1-3-26-16-7-5-4-6-13(16)18(23)27-11(2)17(22)20-15-10-12(21(24)25)8-9-14(15)19/h4-11H,3H2,1-2H3,(H,20,22). The number of nitro benzene ring substituents is 1. The van der Waals surface area contributed by atoms with Gasteiger partial charge in [-0.05, 0) is 32.0 Å². The molecule has 2 aromatic carbocycles. The van der Waals surface area contributed by atoms with Gasteiger partial charge in [-0.3, -0.25) is 14.9 Å². The Morgan fingerprint density at radius 3 is 2.63 bits per heavy atom. The molecule has 1 atom stereocenters. The van der Waals surface area contributed by atoms with Crippen molar-refractivity contribution in [3.05, 3.63) is 63.2 Å². The highest BCUT2D eigenvalue weighted by Crippen LogP contribution is 2.27. The number of nitro groups is 1. The fraction of sp³-hybridized carbons (Fsp3) is 0.222. The van der Waals surface area contributed by atoms with Crippen LogP contribution in [0.3, 0.4) is 0 Å². The molecule has 0 aliphatic rings. The lowest BCUT2D eigenvalue weighted by molar-refractivity contribution is -0.384. The number of hydrogen-bond donors (Lipinski definition) is 1. The minimum Gasteiger partial charge on any atom is -0.493 e. The first kappa shape index (κ1) is 20.2. The molecule has 142 valence electrons. The Labute approximate surface area is 160 Å². The molecule has 0 fully saturated rings. The van der Waals surface area contributed by atoms with Gasteiger partial charge in [0.05, 0.1) is 22.2 Å². The van der Waals surface area contributed by atoms with Gasteiger partial charge in [-0.2, -0.15) is 0 Å². The first-order chi connectivity index (χ1) is 12.8. The van der Waals surface area contributed by atoms with Crippen molar-refractivity contribution in [1.29, 1.82) is 0 Å². The number of para-hydroxylation sites is 1. The number of halogens is 1. The molecule has 0 aliphatic heterocycles. The molecule has 0 heterocycles. The largest absolute Gasteiger partial charge is 0.493 e. The molecular weight excluding hydrogens is 376 g/mol. The summed E-state index contributed by atoms with van der Waals surface area (Å²) >= 11 is 5.95. The van der Waals surface area contributed by atoms with Crippen molar-refractivity contribution in [2.24, 2.45) is 0 Å². The molecular formula is C18H17ClN2O6. The summed E-state index contributed by atoms with van der Waals surface area (Å²) in [5, 5.41) is 13.4. The molecule has 0 aromatic heterocycles. The molecule has 2 aromatic rings. The van der Waals surface area contributed by atoms with Crippen LogP contribution in [-0.4, -0.2) is 29.5 Å². The third kappa shape index (κ3) is 5.18. The maximum Gasteiger partial charge on any atom is 0.342 e. The van der Waals surface area contributed by atoms with E-state index in [0.717, 1.165) is 6.07 Å². The molecule has 0 saturated carbocycles. The number of nitrogens with one attached hydrogen (secondary N) is 1. The second kappa shape index (κ2) is 9.00. The fourth-order valence-corrected chi connectivity index (χ4v) is 2.32. The number of carbonyl (C=O) groups excluding carboxylic acids is 2. The van der Waals surface area contributed by atoms with Gasteiger partial charge in [0.15, 0.2) is 6.10 Å². The number of nitrogens with zero attached hydrogens (tertiary/aromatic N) is 1. The normalized spacial score (nSPS) is 11.4. The van der Waals surface area contributed by atoms with E-state index in [1.807, 2.05) is 0 Å². The van der Waals surface area contributed by atoms with Crippen molar-refractivity contribution in [2.45, 2.75) is 20.0 Å². The predicted molar refractivity (Wildman–Crippen MR) is 99.2 cm³/mol. The molecule has 0 bridgehead atoms. The number of hydrogen-bond acceptors (Lipinski definition) is 6. The molecule has 0 radical (unpaired) electrons. The number of rotatable bonds is 7. The molecule has 0 aliphatic carbocycles. The first-order valence-corrected chi connectivity index (χ1v) is 8.39. The van der Waals surface area contributed by atoms with Crippen molar-refractivity contribution in [2.75, 3.05) is 11.9 Å². The Morgan fingerprint density at radius 2 is 1.96 bits per heavy atom. The van der Waals surface area contributed by atoms with E-state index in [1.165, 1.54) is 25.1 Å². The van der Waals surface area contributed by atoms with Crippen molar-refractivity contribution in [3.8, 4) is 5.75 Å². The summed E-state index contributed by atoms with van der Waals surface area (Å²) in [6.07, 6.45) is -1.16. The summed E-state index contributed by atoms with van der Waals surface area (Å²) in [7, 11) is 0. The smallest absolute Gasteiger partial charge is 0.342 e. The summed E-state index contributed by atoms with van der Waals surface area (Å²) in [5.74, 6) is -1.06. The first-order valence-electron chi connectivity index (χ1n) is 8.01. The molecule has 0 saturated heterocycles. The van der Waals surface area contributed by atoms with E-state index in [2.05, 4.69) is 5.32 Å². The average molecular weight is 393 g/mol. The van der Waals surface area contributed by atoms with Crippen molar-refractivity contribution >= 4 is 34.9 Å². The Balaban J connectivity index is 2.09. The molecule has 1 N–H and O–H groups in total. The molecule has 2 rings (SSSR count). The van der Waals surface area contributed by atoms with E-state index in [1.54, 1.807) is 25.1 Å². The van der Waals surface area contributed by atoms with Gasteiger partial charge < -0.3 is 14.8 Å². The fourth-order valence-electron chi connectivity index (χ4n) is 2.15. The van der Waals surface area contributed by atoms with Gasteiger partial charge in [-0.15, -0.1) is 0 Å². The number of esters is 1. The predicted octanol–water partition coefficient (Wildman–Crippen LogP) is 3.83. The van der Waals surface area contributed by atoms with Crippen LogP contribution in [0.15, 0.2) is 42.5 Å². The zero-order valence-corrected chi connectivity index (χ0v) is 15.4. The number of non-ortho nitro benzene ring substituents is 1. The van der Waals surface area contributed by atoms with Crippen LogP contribution in [0.25, 0.3) is 0 Å². The maximum absolute atomic E-state index is 12.3. The van der Waals surface area contributed by atoms with Gasteiger partial charge in [0.2, 0.25) is 0 Å². The number of benzene rings is 2. The SMILES string of the molecule is CCOc1ccccc1C(=O)OC(C)C(=O)Nc1cc([N+](=O)[O-])ccc1Cl. The van der Waals surface area contributed by atoms with Crippen LogP contribution >= 0.6 is 11.6 Å². The zero-order chi connectivity index (χ0) is 20.0. The molecule has 0 spiro atoms. The second-order valence-corrected chi connectivity index (χ2v) is 5.79. The van der Waals surface area contributed by atoms with Crippen molar-refractivity contribution in [3.63, 3.8) is 0 Å². The summed E-state index contributed by atoms with van der Waals surface area (Å²) in [6.45, 7) is 3.52. The maximum atomic E-state index is 12.3. The Kier molecular flexibility index (Phi) is 6.73. The molecule has 8 nitrogen and oxygen atoms in total. The summed E-state index contributed by atoms with van der Waals surface area (Å²) < 4.78 is 10.5. The van der Waals surface area contributed by atoms with E-state index < -0.39 is 22.9 Å². The van der Waals surface area contributed by atoms with Gasteiger partial charge in [-0.1, -0.05) is 23.7 Å². The van der Waals surface area contributed by atoms with Gasteiger partial charge in [-0.25, -0.2) is 4.79 Å². The Morgan fingerprint density at radius 1 is 1.26 bits per heavy atom. The summed E-state index contributed by atoms with van der Waals surface area (Å²) in [6, 6.07) is 10.1. The third-order valence-electron chi connectivity index (χ3n) is 3.48. The number of anilines is 1. The van der Waals surface area contributed by atoms with E-state index in [4.69, 9.17) is 21.1 Å². The quantitative estimate of drug-likeness (QED) is 0.436. The van der Waals surface area contributed by atoms with E-state index in [-0.39, 0.29) is 22.0 Å². The summed E-state index contributed by atoms with van der Waals surface area (Å²) in [4.78, 5) is 34.8. The molecule has 9 heteroatoms. The zero-order valence-electron chi connectivity index (χ0n) is 14.6. The van der Waals surface area contributed by atoms with Crippen molar-refractivity contribution < 1.29 is 24.0 Å². The molecule has 1 amide bonds. The second-order valence-electron chi connectivity index (χ2n) is 5.39. The highest BCUT2D eigenvalue weighted by atomic mass is 35.5. The van der Waals surface area contributed by atoms with Crippen LogP contribution in [0.2, 0.25) is 5.02 Å². The lowest BCUT2D eigenvalue weighted by Crippen LogP contribution is -2.30. The average Bonchev–Trinajstić information content (AvgIpc) is 2.63. The number of amides is 1.